The maximum Gasteiger partial charge on any atom is 0.418 e. The molecule has 0 radical (unpaired) electrons. The normalized spacial score (nSPS) is 20.1. The Balaban J connectivity index is 1.91. The Morgan fingerprint density at radius 1 is 1.15 bits per heavy atom. The van der Waals surface area contributed by atoms with Gasteiger partial charge in [0.2, 0.25) is 11.8 Å². The molecule has 2 N–H and O–H groups in total. The number of para-hydroxylation sites is 1. The molecular weight excluding hydrogens is 357 g/mol. The van der Waals surface area contributed by atoms with Gasteiger partial charge >= 0.3 is 6.18 Å². The molecule has 0 bridgehead atoms. The second-order valence-electron chi connectivity index (χ2n) is 6.61. The molecule has 2 unspecified atom stereocenters. The van der Waals surface area contributed by atoms with Gasteiger partial charge in [-0.2, -0.15) is 13.2 Å². The molecule has 1 aliphatic rings. The monoisotopic (exact) mass is 376 g/mol. The Kier molecular flexibility index (Phi) is 5.21. The lowest BCUT2D eigenvalue weighted by Gasteiger charge is -2.31. The van der Waals surface area contributed by atoms with E-state index in [-0.39, 0.29) is 5.69 Å². The zero-order valence-electron chi connectivity index (χ0n) is 14.6. The summed E-state index contributed by atoms with van der Waals surface area (Å²) in [5.74, 6) is -2.70. The van der Waals surface area contributed by atoms with Crippen molar-refractivity contribution in [3.8, 4) is 0 Å². The van der Waals surface area contributed by atoms with Crippen molar-refractivity contribution in [1.82, 2.24) is 5.32 Å². The fraction of sp³-hybridized carbons (Fsp3) is 0.300. The molecular formula is C20H19F3N2O2. The average molecular weight is 376 g/mol. The van der Waals surface area contributed by atoms with Crippen LogP contribution in [0, 0.1) is 12.8 Å². The van der Waals surface area contributed by atoms with Crippen LogP contribution >= 0.6 is 0 Å². The molecule has 2 aromatic rings. The highest BCUT2D eigenvalue weighted by atomic mass is 19.4. The third kappa shape index (κ3) is 4.13. The van der Waals surface area contributed by atoms with Gasteiger partial charge in [0, 0.05) is 12.5 Å². The highest BCUT2D eigenvalue weighted by Crippen LogP contribution is 2.36. The number of amides is 2. The summed E-state index contributed by atoms with van der Waals surface area (Å²) in [4.78, 5) is 25.2. The number of halogens is 3. The summed E-state index contributed by atoms with van der Waals surface area (Å²) in [6.45, 7) is 2.32. The van der Waals surface area contributed by atoms with Crippen molar-refractivity contribution in [3.63, 3.8) is 0 Å². The first kappa shape index (κ1) is 18.9. The lowest BCUT2D eigenvalue weighted by atomic mass is 9.79. The highest BCUT2D eigenvalue weighted by molar-refractivity contribution is 6.08. The number of hydrogen-bond donors (Lipinski definition) is 2. The smallest absolute Gasteiger partial charge is 0.355 e. The molecule has 2 amide bonds. The number of rotatable bonds is 3. The van der Waals surface area contributed by atoms with Gasteiger partial charge in [-0.3, -0.25) is 9.59 Å². The third-order valence-corrected chi connectivity index (χ3v) is 4.68. The maximum absolute atomic E-state index is 13.2. The first-order valence-electron chi connectivity index (χ1n) is 8.59. The summed E-state index contributed by atoms with van der Waals surface area (Å²) < 4.78 is 39.5. The van der Waals surface area contributed by atoms with Gasteiger partial charge in [0.15, 0.2) is 0 Å². The molecule has 7 heteroatoms. The molecule has 2 aromatic carbocycles. The Morgan fingerprint density at radius 3 is 2.59 bits per heavy atom. The van der Waals surface area contributed by atoms with Gasteiger partial charge in [0.25, 0.3) is 0 Å². The van der Waals surface area contributed by atoms with Crippen LogP contribution in [0.15, 0.2) is 48.5 Å². The highest BCUT2D eigenvalue weighted by Gasteiger charge is 2.40. The lowest BCUT2D eigenvalue weighted by Crippen LogP contribution is -2.47. The molecule has 0 aliphatic carbocycles. The summed E-state index contributed by atoms with van der Waals surface area (Å²) in [5, 5.41) is 4.95. The van der Waals surface area contributed by atoms with Gasteiger partial charge in [0.1, 0.15) is 5.92 Å². The SMILES string of the molecule is Cc1cccc(C2CCNC(=O)C2C(=O)Nc2ccccc2C(F)(F)F)c1. The van der Waals surface area contributed by atoms with Crippen molar-refractivity contribution in [3.05, 3.63) is 65.2 Å². The van der Waals surface area contributed by atoms with Crippen molar-refractivity contribution in [2.75, 3.05) is 11.9 Å². The second kappa shape index (κ2) is 7.42. The van der Waals surface area contributed by atoms with Gasteiger partial charge in [-0.1, -0.05) is 42.0 Å². The Hall–Kier alpha value is -2.83. The van der Waals surface area contributed by atoms with Crippen LogP contribution in [0.1, 0.15) is 29.0 Å². The molecule has 1 saturated heterocycles. The van der Waals surface area contributed by atoms with E-state index >= 15 is 0 Å². The lowest BCUT2D eigenvalue weighted by molar-refractivity contribution is -0.137. The van der Waals surface area contributed by atoms with E-state index in [1.54, 1.807) is 0 Å². The summed E-state index contributed by atoms with van der Waals surface area (Å²) in [5.41, 5.74) is 0.521. The van der Waals surface area contributed by atoms with Gasteiger partial charge in [-0.15, -0.1) is 0 Å². The fourth-order valence-corrected chi connectivity index (χ4v) is 3.42. The number of carbonyl (C=O) groups is 2. The van der Waals surface area contributed by atoms with E-state index in [1.807, 2.05) is 31.2 Å². The van der Waals surface area contributed by atoms with Crippen LogP contribution in [0.3, 0.4) is 0 Å². The van der Waals surface area contributed by atoms with E-state index in [1.165, 1.54) is 18.2 Å². The molecule has 0 saturated carbocycles. The number of nitrogens with one attached hydrogen (secondary N) is 2. The summed E-state index contributed by atoms with van der Waals surface area (Å²) in [6, 6.07) is 12.2. The molecule has 27 heavy (non-hydrogen) atoms. The fourth-order valence-electron chi connectivity index (χ4n) is 3.42. The molecule has 1 heterocycles. The number of aryl methyl sites for hydroxylation is 1. The Bertz CT molecular complexity index is 864. The summed E-state index contributed by atoms with van der Waals surface area (Å²) in [6.07, 6.45) is -4.07. The van der Waals surface area contributed by atoms with E-state index in [4.69, 9.17) is 0 Å². The standard InChI is InChI=1S/C20H19F3N2O2/c1-12-5-4-6-13(11-12)14-9-10-24-18(26)17(14)19(27)25-16-8-3-2-7-15(16)20(21,22)23/h2-8,11,14,17H,9-10H2,1H3,(H,24,26)(H,25,27). The van der Waals surface area contributed by atoms with Crippen molar-refractivity contribution < 1.29 is 22.8 Å². The first-order chi connectivity index (χ1) is 12.8. The number of alkyl halides is 3. The molecule has 142 valence electrons. The van der Waals surface area contributed by atoms with Crippen LogP contribution in [0.4, 0.5) is 18.9 Å². The van der Waals surface area contributed by atoms with E-state index in [9.17, 15) is 22.8 Å². The van der Waals surface area contributed by atoms with Crippen LogP contribution in [-0.2, 0) is 15.8 Å². The number of benzene rings is 2. The predicted octanol–water partition coefficient (Wildman–Crippen LogP) is 3.87. The first-order valence-corrected chi connectivity index (χ1v) is 8.59. The summed E-state index contributed by atoms with van der Waals surface area (Å²) >= 11 is 0. The van der Waals surface area contributed by atoms with Gasteiger partial charge < -0.3 is 10.6 Å². The predicted molar refractivity (Wildman–Crippen MR) is 95.1 cm³/mol. The van der Waals surface area contributed by atoms with Crippen LogP contribution in [0.2, 0.25) is 0 Å². The topological polar surface area (TPSA) is 58.2 Å². The zero-order chi connectivity index (χ0) is 19.6. The average Bonchev–Trinajstić information content (AvgIpc) is 2.61. The minimum absolute atomic E-state index is 0.351. The summed E-state index contributed by atoms with van der Waals surface area (Å²) in [7, 11) is 0. The Labute approximate surface area is 154 Å². The van der Waals surface area contributed by atoms with Gasteiger partial charge in [-0.25, -0.2) is 0 Å². The van der Waals surface area contributed by atoms with E-state index in [2.05, 4.69) is 10.6 Å². The van der Waals surface area contributed by atoms with Crippen molar-refractivity contribution in [2.24, 2.45) is 5.92 Å². The minimum Gasteiger partial charge on any atom is -0.355 e. The van der Waals surface area contributed by atoms with E-state index in [0.29, 0.717) is 13.0 Å². The van der Waals surface area contributed by atoms with Crippen LogP contribution < -0.4 is 10.6 Å². The number of hydrogen-bond acceptors (Lipinski definition) is 2. The van der Waals surface area contributed by atoms with E-state index < -0.39 is 35.4 Å². The molecule has 2 atom stereocenters. The molecule has 4 nitrogen and oxygen atoms in total. The van der Waals surface area contributed by atoms with Crippen molar-refractivity contribution in [1.29, 1.82) is 0 Å². The van der Waals surface area contributed by atoms with Crippen LogP contribution in [-0.4, -0.2) is 18.4 Å². The Morgan fingerprint density at radius 2 is 1.89 bits per heavy atom. The molecule has 0 aromatic heterocycles. The molecule has 1 aliphatic heterocycles. The second-order valence-corrected chi connectivity index (χ2v) is 6.61. The zero-order valence-corrected chi connectivity index (χ0v) is 14.6. The van der Waals surface area contributed by atoms with Crippen LogP contribution in [0.5, 0.6) is 0 Å². The van der Waals surface area contributed by atoms with E-state index in [0.717, 1.165) is 17.2 Å². The number of anilines is 1. The van der Waals surface area contributed by atoms with Gasteiger partial charge in [-0.05, 0) is 31.0 Å². The van der Waals surface area contributed by atoms with Crippen molar-refractivity contribution in [2.45, 2.75) is 25.4 Å². The number of piperidine rings is 1. The van der Waals surface area contributed by atoms with Crippen molar-refractivity contribution >= 4 is 17.5 Å². The third-order valence-electron chi connectivity index (χ3n) is 4.68. The molecule has 0 spiro atoms. The van der Waals surface area contributed by atoms with Gasteiger partial charge in [0.05, 0.1) is 11.3 Å². The molecule has 3 rings (SSSR count). The minimum atomic E-state index is -4.60. The quantitative estimate of drug-likeness (QED) is 0.799. The maximum atomic E-state index is 13.2. The largest absolute Gasteiger partial charge is 0.418 e. The number of carbonyl (C=O) groups excluding carboxylic acids is 2. The van der Waals surface area contributed by atoms with Crippen LogP contribution in [0.25, 0.3) is 0 Å². The molecule has 1 fully saturated rings.